The zero-order chi connectivity index (χ0) is 23.3. The minimum Gasteiger partial charge on any atom is -0.493 e. The molecule has 0 bridgehead atoms. The number of hydrogen-bond acceptors (Lipinski definition) is 8. The molecule has 166 valence electrons. The summed E-state index contributed by atoms with van der Waals surface area (Å²) in [6, 6.07) is 8.09. The van der Waals surface area contributed by atoms with Crippen molar-refractivity contribution in [3.8, 4) is 11.5 Å². The van der Waals surface area contributed by atoms with Crippen LogP contribution < -0.4 is 14.8 Å². The Morgan fingerprint density at radius 1 is 1.19 bits per heavy atom. The minimum atomic E-state index is -1.24. The monoisotopic (exact) mass is 459 g/mol. The van der Waals surface area contributed by atoms with Gasteiger partial charge in [-0.2, -0.15) is 5.10 Å². The van der Waals surface area contributed by atoms with Gasteiger partial charge < -0.3 is 19.9 Å². The number of rotatable bonds is 8. The number of nitrogens with one attached hydrogen (secondary N) is 1. The van der Waals surface area contributed by atoms with Gasteiger partial charge in [-0.3, -0.25) is 9.59 Å². The van der Waals surface area contributed by atoms with Gasteiger partial charge in [0.2, 0.25) is 5.91 Å². The predicted molar refractivity (Wildman–Crippen MR) is 116 cm³/mol. The number of halogens is 1. The fourth-order valence-electron chi connectivity index (χ4n) is 2.92. The van der Waals surface area contributed by atoms with Crippen LogP contribution in [-0.2, 0) is 4.79 Å². The topological polar surface area (TPSA) is 127 Å². The Morgan fingerprint density at radius 2 is 1.91 bits per heavy atom. The zero-order valence-corrected chi connectivity index (χ0v) is 17.8. The third-order valence-electron chi connectivity index (χ3n) is 4.45. The molecular weight excluding hydrogens is 441 g/mol. The summed E-state index contributed by atoms with van der Waals surface area (Å²) in [7, 11) is 2.71. The van der Waals surface area contributed by atoms with Crippen LogP contribution in [0, 0.1) is 5.82 Å². The Kier molecular flexibility index (Phi) is 7.21. The Balaban J connectivity index is 1.72. The molecule has 1 unspecified atom stereocenters. The smallest absolute Gasteiger partial charge is 0.340 e. The van der Waals surface area contributed by atoms with Crippen LogP contribution in [-0.4, -0.2) is 53.6 Å². The molecule has 0 aliphatic carbocycles. The first-order valence-corrected chi connectivity index (χ1v) is 10.1. The van der Waals surface area contributed by atoms with E-state index in [1.54, 1.807) is 0 Å². The van der Waals surface area contributed by atoms with Crippen molar-refractivity contribution in [1.82, 2.24) is 5.32 Å². The summed E-state index contributed by atoms with van der Waals surface area (Å²) in [5, 5.41) is 19.3. The van der Waals surface area contributed by atoms with Gasteiger partial charge in [0.25, 0.3) is 0 Å². The van der Waals surface area contributed by atoms with Crippen molar-refractivity contribution < 1.29 is 33.4 Å². The molecule has 1 saturated heterocycles. The molecular formula is C21H18FN3O6S. The second-order valence-corrected chi connectivity index (χ2v) is 7.64. The number of amides is 1. The maximum atomic E-state index is 13.0. The summed E-state index contributed by atoms with van der Waals surface area (Å²) in [6.45, 7) is 0. The van der Waals surface area contributed by atoms with Crippen LogP contribution >= 0.6 is 11.8 Å². The van der Waals surface area contributed by atoms with E-state index in [-0.39, 0.29) is 40.0 Å². The lowest BCUT2D eigenvalue weighted by Crippen LogP contribution is -2.26. The van der Waals surface area contributed by atoms with Crippen LogP contribution in [0.15, 0.2) is 46.6 Å². The standard InChI is InChI=1S/C21H18FN3O6S/c1-30-15-8-5-12(17(20(28)29)18(15)31-2)10-23-25-21-24-19(27)16(32-21)9-14(26)11-3-6-13(22)7-4-11/h3-8,10,16H,9H2,1-2H3,(H,28,29)(H,24,25,27)/b23-10-. The van der Waals surface area contributed by atoms with Crippen LogP contribution in [0.5, 0.6) is 11.5 Å². The average Bonchev–Trinajstić information content (AvgIpc) is 3.12. The number of carboxylic acids is 1. The van der Waals surface area contributed by atoms with Crippen LogP contribution in [0.25, 0.3) is 0 Å². The third-order valence-corrected chi connectivity index (χ3v) is 5.52. The van der Waals surface area contributed by atoms with Gasteiger partial charge in [-0.1, -0.05) is 11.8 Å². The number of ether oxygens (including phenoxy) is 2. The molecule has 1 atom stereocenters. The molecule has 1 heterocycles. The number of amidine groups is 1. The van der Waals surface area contributed by atoms with Gasteiger partial charge >= 0.3 is 5.97 Å². The molecule has 32 heavy (non-hydrogen) atoms. The third kappa shape index (κ3) is 5.11. The SMILES string of the molecule is COc1ccc(/C=N\N=C2/NC(=O)C(CC(=O)c3ccc(F)cc3)S2)c(C(=O)O)c1OC. The number of Topliss-reactive ketones (excluding diaryl/α,β-unsaturated/α-hetero) is 1. The number of carbonyl (C=O) groups excluding carboxylic acids is 2. The van der Waals surface area contributed by atoms with E-state index in [2.05, 4.69) is 15.5 Å². The number of aromatic carboxylic acids is 1. The van der Waals surface area contributed by atoms with E-state index in [1.807, 2.05) is 0 Å². The Bertz CT molecular complexity index is 1120. The van der Waals surface area contributed by atoms with Gasteiger partial charge in [0.1, 0.15) is 11.4 Å². The van der Waals surface area contributed by atoms with E-state index in [9.17, 15) is 23.9 Å². The highest BCUT2D eigenvalue weighted by Gasteiger charge is 2.32. The first-order valence-electron chi connectivity index (χ1n) is 9.19. The summed E-state index contributed by atoms with van der Waals surface area (Å²) in [5.74, 6) is -2.11. The maximum absolute atomic E-state index is 13.0. The van der Waals surface area contributed by atoms with Crippen molar-refractivity contribution in [3.63, 3.8) is 0 Å². The molecule has 0 aromatic heterocycles. The summed E-state index contributed by atoms with van der Waals surface area (Å²) in [4.78, 5) is 36.1. The molecule has 2 N–H and O–H groups in total. The number of benzene rings is 2. The van der Waals surface area contributed by atoms with Crippen LogP contribution in [0.2, 0.25) is 0 Å². The summed E-state index contributed by atoms with van der Waals surface area (Å²) in [5.41, 5.74) is 0.372. The van der Waals surface area contributed by atoms with Crippen LogP contribution in [0.3, 0.4) is 0 Å². The summed E-state index contributed by atoms with van der Waals surface area (Å²) >= 11 is 1.02. The van der Waals surface area contributed by atoms with Crippen molar-refractivity contribution in [2.45, 2.75) is 11.7 Å². The fraction of sp³-hybridized carbons (Fsp3) is 0.190. The Morgan fingerprint density at radius 3 is 2.53 bits per heavy atom. The normalized spacial score (nSPS) is 16.9. The highest BCUT2D eigenvalue weighted by atomic mass is 32.2. The number of methoxy groups -OCH3 is 2. The maximum Gasteiger partial charge on any atom is 0.340 e. The molecule has 0 saturated carbocycles. The van der Waals surface area contributed by atoms with Crippen molar-refractivity contribution in [2.24, 2.45) is 10.2 Å². The first kappa shape index (κ1) is 22.9. The second-order valence-electron chi connectivity index (χ2n) is 6.45. The molecule has 0 radical (unpaired) electrons. The van der Waals surface area contributed by atoms with E-state index in [1.165, 1.54) is 56.8 Å². The van der Waals surface area contributed by atoms with Gasteiger partial charge in [-0.25, -0.2) is 9.18 Å². The highest BCUT2D eigenvalue weighted by molar-refractivity contribution is 8.15. The van der Waals surface area contributed by atoms with Gasteiger partial charge in [0.05, 0.1) is 25.7 Å². The number of hydrogen-bond donors (Lipinski definition) is 2. The Labute approximate surface area is 186 Å². The minimum absolute atomic E-state index is 0.0412. The fourth-order valence-corrected chi connectivity index (χ4v) is 3.85. The van der Waals surface area contributed by atoms with E-state index in [4.69, 9.17) is 9.47 Å². The van der Waals surface area contributed by atoms with Crippen LogP contribution in [0.4, 0.5) is 4.39 Å². The number of carboxylic acid groups (broad SMARTS) is 1. The molecule has 1 amide bonds. The average molecular weight is 459 g/mol. The number of nitrogens with zero attached hydrogens (tertiary/aromatic N) is 2. The number of thioether (sulfide) groups is 1. The molecule has 2 aromatic carbocycles. The lowest BCUT2D eigenvalue weighted by atomic mass is 10.1. The molecule has 11 heteroatoms. The predicted octanol–water partition coefficient (Wildman–Crippen LogP) is 2.74. The van der Waals surface area contributed by atoms with Gasteiger partial charge in [0.15, 0.2) is 22.4 Å². The lowest BCUT2D eigenvalue weighted by Gasteiger charge is -2.11. The Hall–Kier alpha value is -3.73. The van der Waals surface area contributed by atoms with Gasteiger partial charge in [-0.05, 0) is 36.4 Å². The zero-order valence-electron chi connectivity index (χ0n) is 17.0. The molecule has 9 nitrogen and oxygen atoms in total. The van der Waals surface area contributed by atoms with Crippen molar-refractivity contribution >= 4 is 40.8 Å². The molecule has 1 aliphatic rings. The van der Waals surface area contributed by atoms with E-state index in [0.29, 0.717) is 5.56 Å². The van der Waals surface area contributed by atoms with E-state index < -0.39 is 22.9 Å². The van der Waals surface area contributed by atoms with Gasteiger partial charge in [-0.15, -0.1) is 5.10 Å². The summed E-state index contributed by atoms with van der Waals surface area (Å²) < 4.78 is 23.2. The molecule has 1 fully saturated rings. The quantitative estimate of drug-likeness (QED) is 0.353. The molecule has 2 aromatic rings. The van der Waals surface area contributed by atoms with E-state index in [0.717, 1.165) is 11.8 Å². The van der Waals surface area contributed by atoms with Crippen molar-refractivity contribution in [1.29, 1.82) is 0 Å². The van der Waals surface area contributed by atoms with Gasteiger partial charge in [0, 0.05) is 17.5 Å². The highest BCUT2D eigenvalue weighted by Crippen LogP contribution is 2.33. The second kappa shape index (κ2) is 10.1. The summed E-state index contributed by atoms with van der Waals surface area (Å²) in [6.07, 6.45) is 1.12. The van der Waals surface area contributed by atoms with E-state index >= 15 is 0 Å². The molecule has 1 aliphatic heterocycles. The number of carbonyl (C=O) groups is 3. The van der Waals surface area contributed by atoms with Crippen molar-refractivity contribution in [2.75, 3.05) is 14.2 Å². The number of ketones is 1. The molecule has 0 spiro atoms. The largest absolute Gasteiger partial charge is 0.493 e. The van der Waals surface area contributed by atoms with Crippen molar-refractivity contribution in [3.05, 3.63) is 58.9 Å². The van der Waals surface area contributed by atoms with Crippen LogP contribution in [0.1, 0.15) is 32.7 Å². The molecule has 3 rings (SSSR count). The first-order chi connectivity index (χ1) is 15.3. The lowest BCUT2D eigenvalue weighted by molar-refractivity contribution is -0.118.